The normalized spacial score (nSPS) is 13.1. The standard InChI is InChI=1S/C13H13F3N2O2S2/c1-8(22-12-18-17-11(19-12)7-21-2)9-3-5-10(6-4-9)20-13(14,15)16/h3-6,8H,7H2,1-2H3. The van der Waals surface area contributed by atoms with Crippen molar-refractivity contribution in [2.75, 3.05) is 6.26 Å². The van der Waals surface area contributed by atoms with Gasteiger partial charge in [-0.05, 0) is 30.9 Å². The van der Waals surface area contributed by atoms with E-state index in [9.17, 15) is 13.2 Å². The van der Waals surface area contributed by atoms with Crippen molar-refractivity contribution in [2.24, 2.45) is 0 Å². The predicted molar refractivity (Wildman–Crippen MR) is 78.9 cm³/mol. The lowest BCUT2D eigenvalue weighted by Crippen LogP contribution is -2.17. The van der Waals surface area contributed by atoms with Crippen LogP contribution in [0.15, 0.2) is 33.9 Å². The molecule has 0 aliphatic rings. The number of rotatable bonds is 6. The van der Waals surface area contributed by atoms with Gasteiger partial charge in [-0.15, -0.1) is 23.4 Å². The third-order valence-corrected chi connectivity index (χ3v) is 4.10. The first-order chi connectivity index (χ1) is 10.4. The molecule has 1 aromatic carbocycles. The summed E-state index contributed by atoms with van der Waals surface area (Å²) in [6.45, 7) is 1.91. The van der Waals surface area contributed by atoms with E-state index in [4.69, 9.17) is 4.42 Å². The van der Waals surface area contributed by atoms with Crippen LogP contribution in [-0.2, 0) is 5.75 Å². The van der Waals surface area contributed by atoms with E-state index in [2.05, 4.69) is 14.9 Å². The van der Waals surface area contributed by atoms with Crippen molar-refractivity contribution in [3.05, 3.63) is 35.7 Å². The molecule has 1 unspecified atom stereocenters. The molecule has 0 saturated carbocycles. The molecule has 120 valence electrons. The summed E-state index contributed by atoms with van der Waals surface area (Å²) in [5.74, 6) is 0.954. The number of hydrogen-bond donors (Lipinski definition) is 0. The molecule has 0 aliphatic heterocycles. The Hall–Kier alpha value is -1.35. The summed E-state index contributed by atoms with van der Waals surface area (Å²) >= 11 is 2.93. The van der Waals surface area contributed by atoms with Crippen LogP contribution in [0.5, 0.6) is 5.75 Å². The minimum Gasteiger partial charge on any atom is -0.415 e. The minimum atomic E-state index is -4.68. The first-order valence-corrected chi connectivity index (χ1v) is 8.48. The van der Waals surface area contributed by atoms with Gasteiger partial charge in [-0.1, -0.05) is 23.9 Å². The maximum absolute atomic E-state index is 12.1. The summed E-state index contributed by atoms with van der Waals surface area (Å²) in [5, 5.41) is 8.23. The van der Waals surface area contributed by atoms with Crippen LogP contribution in [0.2, 0.25) is 0 Å². The zero-order valence-electron chi connectivity index (χ0n) is 11.8. The third kappa shape index (κ3) is 5.13. The first-order valence-electron chi connectivity index (χ1n) is 6.21. The van der Waals surface area contributed by atoms with Crippen LogP contribution in [0.4, 0.5) is 13.2 Å². The lowest BCUT2D eigenvalue weighted by Gasteiger charge is -2.11. The smallest absolute Gasteiger partial charge is 0.415 e. The van der Waals surface area contributed by atoms with Crippen LogP contribution in [0.3, 0.4) is 0 Å². The van der Waals surface area contributed by atoms with E-state index >= 15 is 0 Å². The molecular weight excluding hydrogens is 337 g/mol. The number of thioether (sulfide) groups is 2. The Morgan fingerprint density at radius 3 is 2.50 bits per heavy atom. The van der Waals surface area contributed by atoms with E-state index < -0.39 is 6.36 Å². The van der Waals surface area contributed by atoms with E-state index in [0.29, 0.717) is 16.9 Å². The molecule has 9 heteroatoms. The number of hydrogen-bond acceptors (Lipinski definition) is 6. The second-order valence-electron chi connectivity index (χ2n) is 4.27. The molecule has 1 atom stereocenters. The fraction of sp³-hybridized carbons (Fsp3) is 0.385. The van der Waals surface area contributed by atoms with Crippen LogP contribution in [0, 0.1) is 0 Å². The molecule has 1 heterocycles. The van der Waals surface area contributed by atoms with Crippen molar-refractivity contribution >= 4 is 23.5 Å². The summed E-state index contributed by atoms with van der Waals surface area (Å²) in [6, 6.07) is 5.73. The number of alkyl halides is 3. The van der Waals surface area contributed by atoms with E-state index in [-0.39, 0.29) is 11.0 Å². The van der Waals surface area contributed by atoms with Gasteiger partial charge in [0.25, 0.3) is 5.22 Å². The van der Waals surface area contributed by atoms with E-state index in [0.717, 1.165) is 5.56 Å². The van der Waals surface area contributed by atoms with Gasteiger partial charge in [-0.3, -0.25) is 0 Å². The van der Waals surface area contributed by atoms with E-state index in [1.807, 2.05) is 13.2 Å². The SMILES string of the molecule is CSCc1nnc(SC(C)c2ccc(OC(F)(F)F)cc2)o1. The Morgan fingerprint density at radius 2 is 1.91 bits per heavy atom. The zero-order valence-corrected chi connectivity index (χ0v) is 13.4. The van der Waals surface area contributed by atoms with Gasteiger partial charge in [0.2, 0.25) is 5.89 Å². The molecule has 0 bridgehead atoms. The highest BCUT2D eigenvalue weighted by Crippen LogP contribution is 2.35. The number of halogens is 3. The van der Waals surface area contributed by atoms with Gasteiger partial charge in [-0.25, -0.2) is 0 Å². The topological polar surface area (TPSA) is 48.2 Å². The second-order valence-corrected chi connectivity index (χ2v) is 6.43. The average Bonchev–Trinajstić information content (AvgIpc) is 2.85. The van der Waals surface area contributed by atoms with Crippen molar-refractivity contribution in [3.63, 3.8) is 0 Å². The van der Waals surface area contributed by atoms with Crippen LogP contribution in [-0.4, -0.2) is 22.8 Å². The molecular formula is C13H13F3N2O2S2. The van der Waals surface area contributed by atoms with Crippen molar-refractivity contribution in [3.8, 4) is 5.75 Å². The zero-order chi connectivity index (χ0) is 16.2. The number of nitrogens with zero attached hydrogens (tertiary/aromatic N) is 2. The minimum absolute atomic E-state index is 0.0393. The van der Waals surface area contributed by atoms with Gasteiger partial charge in [0.15, 0.2) is 0 Å². The van der Waals surface area contributed by atoms with Crippen LogP contribution >= 0.6 is 23.5 Å². The highest BCUT2D eigenvalue weighted by Gasteiger charge is 2.31. The van der Waals surface area contributed by atoms with E-state index in [1.54, 1.807) is 23.9 Å². The maximum atomic E-state index is 12.1. The molecule has 0 N–H and O–H groups in total. The lowest BCUT2D eigenvalue weighted by molar-refractivity contribution is -0.274. The second kappa shape index (κ2) is 7.28. The molecule has 0 fully saturated rings. The van der Waals surface area contributed by atoms with Crippen LogP contribution in [0.1, 0.15) is 23.6 Å². The molecule has 0 amide bonds. The largest absolute Gasteiger partial charge is 0.573 e. The number of aromatic nitrogens is 2. The number of benzene rings is 1. The molecule has 0 aliphatic carbocycles. The van der Waals surface area contributed by atoms with Crippen molar-refractivity contribution in [1.82, 2.24) is 10.2 Å². The first kappa shape index (κ1) is 17.0. The fourth-order valence-corrected chi connectivity index (χ4v) is 2.82. The summed E-state index contributed by atoms with van der Waals surface area (Å²) in [7, 11) is 0. The number of ether oxygens (including phenoxy) is 1. The van der Waals surface area contributed by atoms with Crippen LogP contribution < -0.4 is 4.74 Å². The highest BCUT2D eigenvalue weighted by molar-refractivity contribution is 7.99. The highest BCUT2D eigenvalue weighted by atomic mass is 32.2. The molecule has 22 heavy (non-hydrogen) atoms. The van der Waals surface area contributed by atoms with Crippen molar-refractivity contribution in [2.45, 2.75) is 29.5 Å². The fourth-order valence-electron chi connectivity index (χ4n) is 1.63. The van der Waals surface area contributed by atoms with Gasteiger partial charge in [0, 0.05) is 5.25 Å². The lowest BCUT2D eigenvalue weighted by atomic mass is 10.2. The molecule has 2 aromatic rings. The predicted octanol–water partition coefficient (Wildman–Crippen LogP) is 4.68. The molecule has 4 nitrogen and oxygen atoms in total. The van der Waals surface area contributed by atoms with Gasteiger partial charge >= 0.3 is 6.36 Å². The van der Waals surface area contributed by atoms with E-state index in [1.165, 1.54) is 23.9 Å². The summed E-state index contributed by atoms with van der Waals surface area (Å²) in [5.41, 5.74) is 0.837. The molecule has 0 spiro atoms. The van der Waals surface area contributed by atoms with Gasteiger partial charge < -0.3 is 9.15 Å². The molecule has 0 radical (unpaired) electrons. The van der Waals surface area contributed by atoms with Crippen molar-refractivity contribution < 1.29 is 22.3 Å². The summed E-state index contributed by atoms with van der Waals surface area (Å²) in [6.07, 6.45) is -2.75. The molecule has 0 saturated heterocycles. The van der Waals surface area contributed by atoms with Gasteiger partial charge in [0.1, 0.15) is 5.75 Å². The van der Waals surface area contributed by atoms with Crippen LogP contribution in [0.25, 0.3) is 0 Å². The molecule has 1 aromatic heterocycles. The third-order valence-electron chi connectivity index (χ3n) is 2.58. The molecule has 2 rings (SSSR count). The Morgan fingerprint density at radius 1 is 1.23 bits per heavy atom. The Balaban J connectivity index is 1.98. The van der Waals surface area contributed by atoms with Gasteiger partial charge in [0.05, 0.1) is 5.75 Å². The summed E-state index contributed by atoms with van der Waals surface area (Å²) < 4.78 is 45.6. The monoisotopic (exact) mass is 350 g/mol. The van der Waals surface area contributed by atoms with Crippen molar-refractivity contribution in [1.29, 1.82) is 0 Å². The summed E-state index contributed by atoms with van der Waals surface area (Å²) in [4.78, 5) is 0. The maximum Gasteiger partial charge on any atom is 0.573 e. The van der Waals surface area contributed by atoms with Gasteiger partial charge in [-0.2, -0.15) is 11.8 Å². The Kier molecular flexibility index (Phi) is 5.63. The average molecular weight is 350 g/mol. The Bertz CT molecular complexity index is 602. The Labute approximate surface area is 133 Å². The quantitative estimate of drug-likeness (QED) is 0.705.